The van der Waals surface area contributed by atoms with Crippen LogP contribution in [0.1, 0.15) is 22.2 Å². The Hall–Kier alpha value is -1.63. The topological polar surface area (TPSA) is 68.5 Å². The van der Waals surface area contributed by atoms with Crippen LogP contribution in [0.4, 0.5) is 5.13 Å². The number of rotatable bonds is 3. The van der Waals surface area contributed by atoms with Crippen LogP contribution in [0.25, 0.3) is 0 Å². The van der Waals surface area contributed by atoms with E-state index in [-0.39, 0.29) is 6.10 Å². The fourth-order valence-corrected chi connectivity index (χ4v) is 3.20. The first-order valence-corrected chi connectivity index (χ1v) is 7.76. The number of hydrogen-bond acceptors (Lipinski definition) is 5. The average Bonchev–Trinajstić information content (AvgIpc) is 2.98. The van der Waals surface area contributed by atoms with Crippen LogP contribution in [0.5, 0.6) is 0 Å². The Bertz CT molecular complexity index is 644. The van der Waals surface area contributed by atoms with E-state index in [4.69, 9.17) is 22.1 Å². The summed E-state index contributed by atoms with van der Waals surface area (Å²) in [6.07, 6.45) is -0.0306. The molecule has 1 atom stereocenters. The van der Waals surface area contributed by atoms with Gasteiger partial charge < -0.3 is 15.4 Å². The van der Waals surface area contributed by atoms with E-state index in [9.17, 15) is 4.79 Å². The Kier molecular flexibility index (Phi) is 4.10. The summed E-state index contributed by atoms with van der Waals surface area (Å²) in [6.45, 7) is 2.04. The molecule has 1 fully saturated rings. The third-order valence-corrected chi connectivity index (χ3v) is 4.48. The molecule has 0 spiro atoms. The molecule has 3 rings (SSSR count). The number of morpholine rings is 1. The van der Waals surface area contributed by atoms with Crippen molar-refractivity contribution in [3.05, 3.63) is 45.9 Å². The zero-order valence-corrected chi connectivity index (χ0v) is 12.7. The van der Waals surface area contributed by atoms with Crippen molar-refractivity contribution in [1.29, 1.82) is 0 Å². The van der Waals surface area contributed by atoms with Gasteiger partial charge in [-0.2, -0.15) is 0 Å². The number of carbonyl (C=O) groups is 1. The van der Waals surface area contributed by atoms with E-state index in [1.54, 1.807) is 5.38 Å². The summed E-state index contributed by atoms with van der Waals surface area (Å²) in [5.74, 6) is -0.500. The maximum absolute atomic E-state index is 11.1. The van der Waals surface area contributed by atoms with Crippen molar-refractivity contribution in [2.75, 3.05) is 24.6 Å². The van der Waals surface area contributed by atoms with Gasteiger partial charge in [-0.1, -0.05) is 23.7 Å². The van der Waals surface area contributed by atoms with E-state index in [1.807, 2.05) is 24.3 Å². The number of amides is 1. The first-order valence-electron chi connectivity index (χ1n) is 6.51. The highest BCUT2D eigenvalue weighted by Crippen LogP contribution is 2.28. The lowest BCUT2D eigenvalue weighted by atomic mass is 10.1. The molecular weight excluding hydrogens is 310 g/mol. The zero-order chi connectivity index (χ0) is 14.8. The predicted octanol–water partition coefficient (Wildman–Crippen LogP) is 2.47. The minimum Gasteiger partial charge on any atom is -0.370 e. The zero-order valence-electron chi connectivity index (χ0n) is 11.2. The van der Waals surface area contributed by atoms with Crippen LogP contribution in [0.2, 0.25) is 5.02 Å². The number of halogens is 1. The Morgan fingerprint density at radius 3 is 2.86 bits per heavy atom. The van der Waals surface area contributed by atoms with E-state index in [0.29, 0.717) is 23.9 Å². The number of nitrogens with zero attached hydrogens (tertiary/aromatic N) is 2. The lowest BCUT2D eigenvalue weighted by Gasteiger charge is -2.33. The van der Waals surface area contributed by atoms with Gasteiger partial charge >= 0.3 is 0 Å². The highest BCUT2D eigenvalue weighted by atomic mass is 35.5. The maximum Gasteiger partial charge on any atom is 0.268 e. The minimum absolute atomic E-state index is 0.0306. The van der Waals surface area contributed by atoms with Gasteiger partial charge in [0.15, 0.2) is 5.13 Å². The molecule has 7 heteroatoms. The Labute approximate surface area is 131 Å². The smallest absolute Gasteiger partial charge is 0.268 e. The van der Waals surface area contributed by atoms with E-state index in [2.05, 4.69) is 9.88 Å². The van der Waals surface area contributed by atoms with Crippen LogP contribution in [0.15, 0.2) is 29.6 Å². The molecule has 5 nitrogen and oxygen atoms in total. The van der Waals surface area contributed by atoms with Crippen molar-refractivity contribution < 1.29 is 9.53 Å². The first kappa shape index (κ1) is 14.3. The van der Waals surface area contributed by atoms with Gasteiger partial charge in [-0.3, -0.25) is 4.79 Å². The summed E-state index contributed by atoms with van der Waals surface area (Å²) >= 11 is 7.33. The van der Waals surface area contributed by atoms with E-state index in [0.717, 1.165) is 17.2 Å². The molecule has 0 aliphatic carbocycles. The number of anilines is 1. The molecule has 1 saturated heterocycles. The third kappa shape index (κ3) is 3.18. The molecule has 110 valence electrons. The fourth-order valence-electron chi connectivity index (χ4n) is 2.22. The van der Waals surface area contributed by atoms with Gasteiger partial charge in [-0.25, -0.2) is 4.98 Å². The Morgan fingerprint density at radius 2 is 2.19 bits per heavy atom. The molecule has 1 aliphatic heterocycles. The van der Waals surface area contributed by atoms with E-state index in [1.165, 1.54) is 11.3 Å². The van der Waals surface area contributed by atoms with Gasteiger partial charge in [0.25, 0.3) is 5.91 Å². The van der Waals surface area contributed by atoms with Crippen molar-refractivity contribution in [1.82, 2.24) is 4.98 Å². The molecule has 0 saturated carbocycles. The van der Waals surface area contributed by atoms with Gasteiger partial charge in [0.1, 0.15) is 11.8 Å². The molecular formula is C14H14ClN3O2S. The van der Waals surface area contributed by atoms with Crippen molar-refractivity contribution in [2.24, 2.45) is 5.73 Å². The number of hydrogen-bond donors (Lipinski definition) is 1. The van der Waals surface area contributed by atoms with Crippen LogP contribution in [0.3, 0.4) is 0 Å². The highest BCUT2D eigenvalue weighted by molar-refractivity contribution is 7.13. The number of primary amides is 1. The fraction of sp³-hybridized carbons (Fsp3) is 0.286. The average molecular weight is 324 g/mol. The molecule has 2 aromatic rings. The summed E-state index contributed by atoms with van der Waals surface area (Å²) < 4.78 is 5.81. The molecule has 1 aliphatic rings. The summed E-state index contributed by atoms with van der Waals surface area (Å²) in [5.41, 5.74) is 6.63. The highest BCUT2D eigenvalue weighted by Gasteiger charge is 2.24. The number of carbonyl (C=O) groups excluding carboxylic acids is 1. The minimum atomic E-state index is -0.500. The second-order valence-corrected chi connectivity index (χ2v) is 6.01. The molecule has 2 N–H and O–H groups in total. The van der Waals surface area contributed by atoms with E-state index >= 15 is 0 Å². The van der Waals surface area contributed by atoms with Gasteiger partial charge in [0, 0.05) is 16.9 Å². The third-order valence-electron chi connectivity index (χ3n) is 3.32. The van der Waals surface area contributed by atoms with Gasteiger partial charge in [-0.05, 0) is 17.7 Å². The molecule has 0 radical (unpaired) electrons. The van der Waals surface area contributed by atoms with Crippen molar-refractivity contribution in [2.45, 2.75) is 6.10 Å². The number of benzene rings is 1. The van der Waals surface area contributed by atoms with Crippen LogP contribution >= 0.6 is 22.9 Å². The second kappa shape index (κ2) is 6.01. The van der Waals surface area contributed by atoms with Crippen molar-refractivity contribution in [3.63, 3.8) is 0 Å². The standard InChI is InChI=1S/C14H14ClN3O2S/c15-10-3-1-9(2-4-10)12-7-18(5-6-20-12)14-17-11(8-21-14)13(16)19/h1-4,8,12H,5-7H2,(H2,16,19)/t12-/m1/s1. The van der Waals surface area contributed by atoms with Gasteiger partial charge in [-0.15, -0.1) is 11.3 Å². The SMILES string of the molecule is NC(=O)c1csc(N2CCO[C@@H](c3ccc(Cl)cc3)C2)n1. The Balaban J connectivity index is 1.75. The maximum atomic E-state index is 11.1. The molecule has 1 amide bonds. The summed E-state index contributed by atoms with van der Waals surface area (Å²) in [7, 11) is 0. The quantitative estimate of drug-likeness (QED) is 0.942. The number of thiazole rings is 1. The summed E-state index contributed by atoms with van der Waals surface area (Å²) in [5, 5.41) is 3.19. The Morgan fingerprint density at radius 1 is 1.43 bits per heavy atom. The summed E-state index contributed by atoms with van der Waals surface area (Å²) in [4.78, 5) is 17.5. The number of ether oxygens (including phenoxy) is 1. The number of nitrogens with two attached hydrogens (primary N) is 1. The summed E-state index contributed by atoms with van der Waals surface area (Å²) in [6, 6.07) is 7.64. The van der Waals surface area contributed by atoms with E-state index < -0.39 is 5.91 Å². The van der Waals surface area contributed by atoms with Gasteiger partial charge in [0.05, 0.1) is 13.2 Å². The van der Waals surface area contributed by atoms with Crippen LogP contribution in [-0.4, -0.2) is 30.6 Å². The molecule has 0 unspecified atom stereocenters. The molecule has 1 aromatic heterocycles. The largest absolute Gasteiger partial charge is 0.370 e. The predicted molar refractivity (Wildman–Crippen MR) is 83.0 cm³/mol. The van der Waals surface area contributed by atoms with Gasteiger partial charge in [0.2, 0.25) is 0 Å². The first-order chi connectivity index (χ1) is 10.1. The van der Waals surface area contributed by atoms with Crippen molar-refractivity contribution in [3.8, 4) is 0 Å². The normalized spacial score (nSPS) is 18.7. The lowest BCUT2D eigenvalue weighted by Crippen LogP contribution is -2.38. The molecule has 1 aromatic carbocycles. The second-order valence-electron chi connectivity index (χ2n) is 4.74. The van der Waals surface area contributed by atoms with Crippen LogP contribution in [0, 0.1) is 0 Å². The van der Waals surface area contributed by atoms with Crippen molar-refractivity contribution >= 4 is 34.0 Å². The molecule has 0 bridgehead atoms. The molecule has 2 heterocycles. The lowest BCUT2D eigenvalue weighted by molar-refractivity contribution is 0.0398. The monoisotopic (exact) mass is 323 g/mol. The number of aromatic nitrogens is 1. The van der Waals surface area contributed by atoms with Crippen LogP contribution in [-0.2, 0) is 4.74 Å². The van der Waals surface area contributed by atoms with Crippen LogP contribution < -0.4 is 10.6 Å². The molecule has 21 heavy (non-hydrogen) atoms.